The van der Waals surface area contributed by atoms with E-state index >= 15 is 0 Å². The molecule has 7 heteroatoms. The number of benzene rings is 1. The highest BCUT2D eigenvalue weighted by atomic mass is 32.2. The fraction of sp³-hybridized carbons (Fsp3) is 0.467. The molecule has 1 N–H and O–H groups in total. The molecule has 1 atom stereocenters. The molecule has 1 aliphatic rings. The molecule has 0 radical (unpaired) electrons. The van der Waals surface area contributed by atoms with Gasteiger partial charge in [0.1, 0.15) is 10.4 Å². The van der Waals surface area contributed by atoms with Crippen molar-refractivity contribution in [1.82, 2.24) is 9.80 Å². The van der Waals surface area contributed by atoms with E-state index < -0.39 is 12.0 Å². The number of carboxylic acid groups (broad SMARTS) is 1. The lowest BCUT2D eigenvalue weighted by Gasteiger charge is -2.39. The molecule has 1 fully saturated rings. The molecule has 2 rings (SSSR count). The van der Waals surface area contributed by atoms with Crippen LogP contribution >= 0.6 is 35.7 Å². The Bertz CT molecular complexity index is 513. The molecule has 1 aliphatic heterocycles. The van der Waals surface area contributed by atoms with Gasteiger partial charge in [-0.1, -0.05) is 54.3 Å². The van der Waals surface area contributed by atoms with Crippen LogP contribution in [0.15, 0.2) is 30.3 Å². The molecule has 0 spiro atoms. The van der Waals surface area contributed by atoms with Crippen molar-refractivity contribution in [2.45, 2.75) is 19.0 Å². The molecule has 0 aliphatic carbocycles. The highest BCUT2D eigenvalue weighted by Crippen LogP contribution is 2.24. The number of thiocarbonyl (C=S) groups is 1. The molecule has 1 saturated heterocycles. The van der Waals surface area contributed by atoms with Gasteiger partial charge >= 0.3 is 5.97 Å². The number of hydrogen-bond donors (Lipinski definition) is 1. The first-order valence-electron chi connectivity index (χ1n) is 7.03. The van der Waals surface area contributed by atoms with Crippen molar-refractivity contribution >= 4 is 46.0 Å². The lowest BCUT2D eigenvalue weighted by Crippen LogP contribution is -2.51. The largest absolute Gasteiger partial charge is 0.480 e. The van der Waals surface area contributed by atoms with Crippen molar-refractivity contribution in [3.8, 4) is 0 Å². The smallest absolute Gasteiger partial charge is 0.321 e. The number of carboxylic acids is 1. The molecule has 0 aromatic heterocycles. The zero-order valence-electron chi connectivity index (χ0n) is 12.5. The Kier molecular flexibility index (Phi) is 7.01. The first kappa shape index (κ1) is 17.6. The number of thioether (sulfide) groups is 2. The van der Waals surface area contributed by atoms with Crippen LogP contribution in [-0.4, -0.2) is 55.8 Å². The average molecular weight is 357 g/mol. The van der Waals surface area contributed by atoms with Gasteiger partial charge in [-0.05, 0) is 24.0 Å². The molecule has 0 saturated carbocycles. The Morgan fingerprint density at radius 3 is 2.82 bits per heavy atom. The van der Waals surface area contributed by atoms with E-state index in [9.17, 15) is 9.90 Å². The van der Waals surface area contributed by atoms with E-state index in [0.29, 0.717) is 19.0 Å². The molecule has 4 nitrogen and oxygen atoms in total. The topological polar surface area (TPSA) is 43.8 Å². The zero-order chi connectivity index (χ0) is 15.9. The maximum absolute atomic E-state index is 11.5. The van der Waals surface area contributed by atoms with E-state index in [1.807, 2.05) is 29.4 Å². The van der Waals surface area contributed by atoms with E-state index in [-0.39, 0.29) is 0 Å². The minimum Gasteiger partial charge on any atom is -0.480 e. The standard InChI is InChI=1S/C15H20N2O2S3/c1-21-8-7-13(14(18)19)17-10-16(15(20)22-11-17)9-12-5-3-2-4-6-12/h2-6,13H,7-11H2,1H3,(H,18,19). The van der Waals surface area contributed by atoms with Crippen LogP contribution in [0.3, 0.4) is 0 Å². The third-order valence-corrected chi connectivity index (χ3v) is 5.72. The summed E-state index contributed by atoms with van der Waals surface area (Å²) in [5.74, 6) is 0.749. The van der Waals surface area contributed by atoms with Crippen LogP contribution in [0.4, 0.5) is 0 Å². The van der Waals surface area contributed by atoms with Gasteiger partial charge in [-0.3, -0.25) is 9.69 Å². The Labute approximate surface area is 145 Å². The fourth-order valence-corrected chi connectivity index (χ4v) is 3.93. The van der Waals surface area contributed by atoms with E-state index in [1.165, 1.54) is 5.56 Å². The van der Waals surface area contributed by atoms with Gasteiger partial charge in [0.05, 0.1) is 12.5 Å². The normalized spacial score (nSPS) is 17.5. The third kappa shape index (κ3) is 4.87. The quantitative estimate of drug-likeness (QED) is 0.754. The summed E-state index contributed by atoms with van der Waals surface area (Å²) in [6, 6.07) is 9.68. The summed E-state index contributed by atoms with van der Waals surface area (Å²) in [7, 11) is 0. The zero-order valence-corrected chi connectivity index (χ0v) is 14.9. The summed E-state index contributed by atoms with van der Waals surface area (Å²) in [6.45, 7) is 1.30. The highest BCUT2D eigenvalue weighted by Gasteiger charge is 2.31. The maximum Gasteiger partial charge on any atom is 0.321 e. The summed E-state index contributed by atoms with van der Waals surface area (Å²) in [5.41, 5.74) is 1.18. The predicted molar refractivity (Wildman–Crippen MR) is 98.2 cm³/mol. The first-order chi connectivity index (χ1) is 10.6. The van der Waals surface area contributed by atoms with Gasteiger partial charge in [0.15, 0.2) is 0 Å². The van der Waals surface area contributed by atoms with Crippen LogP contribution in [0.2, 0.25) is 0 Å². The van der Waals surface area contributed by atoms with Crippen LogP contribution in [0.1, 0.15) is 12.0 Å². The van der Waals surface area contributed by atoms with Gasteiger partial charge < -0.3 is 10.0 Å². The molecular formula is C15H20N2O2S3. The van der Waals surface area contributed by atoms with Crippen molar-refractivity contribution in [2.24, 2.45) is 0 Å². The molecule has 0 amide bonds. The Morgan fingerprint density at radius 2 is 2.18 bits per heavy atom. The SMILES string of the molecule is CSCCC(C(=O)O)N1CSC(=S)N(Cc2ccccc2)C1. The van der Waals surface area contributed by atoms with E-state index in [0.717, 1.165) is 16.6 Å². The van der Waals surface area contributed by atoms with E-state index in [1.54, 1.807) is 23.5 Å². The van der Waals surface area contributed by atoms with Crippen LogP contribution < -0.4 is 0 Å². The van der Waals surface area contributed by atoms with Crippen LogP contribution in [0, 0.1) is 0 Å². The van der Waals surface area contributed by atoms with Gasteiger partial charge in [-0.15, -0.1) is 0 Å². The predicted octanol–water partition coefficient (Wildman–Crippen LogP) is 2.94. The van der Waals surface area contributed by atoms with Crippen molar-refractivity contribution in [1.29, 1.82) is 0 Å². The molecule has 1 aromatic rings. The number of rotatable bonds is 7. The Morgan fingerprint density at radius 1 is 1.45 bits per heavy atom. The lowest BCUT2D eigenvalue weighted by molar-refractivity contribution is -0.143. The second-order valence-electron chi connectivity index (χ2n) is 5.09. The average Bonchev–Trinajstić information content (AvgIpc) is 2.51. The molecule has 1 heterocycles. The summed E-state index contributed by atoms with van der Waals surface area (Å²) < 4.78 is 0.842. The van der Waals surface area contributed by atoms with Crippen molar-refractivity contribution in [3.63, 3.8) is 0 Å². The molecular weight excluding hydrogens is 336 g/mol. The van der Waals surface area contributed by atoms with Gasteiger partial charge in [0.2, 0.25) is 0 Å². The molecule has 120 valence electrons. The number of aliphatic carboxylic acids is 1. The number of nitrogens with zero attached hydrogens (tertiary/aromatic N) is 2. The van der Waals surface area contributed by atoms with Gasteiger partial charge in [0, 0.05) is 6.54 Å². The number of carbonyl (C=O) groups is 1. The summed E-state index contributed by atoms with van der Waals surface area (Å²) >= 11 is 8.65. The summed E-state index contributed by atoms with van der Waals surface area (Å²) in [5, 5.41) is 9.48. The summed E-state index contributed by atoms with van der Waals surface area (Å²) in [6.07, 6.45) is 2.66. The van der Waals surface area contributed by atoms with E-state index in [4.69, 9.17) is 12.2 Å². The summed E-state index contributed by atoms with van der Waals surface area (Å²) in [4.78, 5) is 15.6. The van der Waals surface area contributed by atoms with Crippen LogP contribution in [0.5, 0.6) is 0 Å². The van der Waals surface area contributed by atoms with E-state index in [2.05, 4.69) is 17.0 Å². The minimum absolute atomic E-state index is 0.443. The Balaban J connectivity index is 2.02. The molecule has 22 heavy (non-hydrogen) atoms. The molecule has 1 aromatic carbocycles. The monoisotopic (exact) mass is 356 g/mol. The maximum atomic E-state index is 11.5. The van der Waals surface area contributed by atoms with Crippen molar-refractivity contribution in [2.75, 3.05) is 24.6 Å². The van der Waals surface area contributed by atoms with Crippen LogP contribution in [-0.2, 0) is 11.3 Å². The van der Waals surface area contributed by atoms with Gasteiger partial charge in [-0.25, -0.2) is 0 Å². The lowest BCUT2D eigenvalue weighted by atomic mass is 10.2. The van der Waals surface area contributed by atoms with Crippen molar-refractivity contribution in [3.05, 3.63) is 35.9 Å². The first-order valence-corrected chi connectivity index (χ1v) is 9.82. The molecule has 1 unspecified atom stereocenters. The minimum atomic E-state index is -0.748. The fourth-order valence-electron chi connectivity index (χ4n) is 2.35. The molecule has 0 bridgehead atoms. The third-order valence-electron chi connectivity index (χ3n) is 3.50. The van der Waals surface area contributed by atoms with Crippen LogP contribution in [0.25, 0.3) is 0 Å². The van der Waals surface area contributed by atoms with Gasteiger partial charge in [0.25, 0.3) is 0 Å². The Hall–Kier alpha value is -0.760. The highest BCUT2D eigenvalue weighted by molar-refractivity contribution is 8.22. The second kappa shape index (κ2) is 8.76. The van der Waals surface area contributed by atoms with Crippen molar-refractivity contribution < 1.29 is 9.90 Å². The number of hydrogen-bond acceptors (Lipinski definition) is 5. The van der Waals surface area contributed by atoms with Gasteiger partial charge in [-0.2, -0.15) is 11.8 Å². The second-order valence-corrected chi connectivity index (χ2v) is 7.65.